The normalized spacial score (nSPS) is 11.0. The lowest BCUT2D eigenvalue weighted by molar-refractivity contribution is -0.137. The number of nitrogens with zero attached hydrogens (tertiary/aromatic N) is 3. The Balaban J connectivity index is 3.02. The number of nitrogen functional groups attached to an aromatic ring is 1. The Labute approximate surface area is 96.5 Å². The predicted molar refractivity (Wildman–Crippen MR) is 57.2 cm³/mol. The molecular weight excluding hydrogens is 233 g/mol. The van der Waals surface area contributed by atoms with Gasteiger partial charge in [-0.05, 0) is 12.1 Å². The lowest BCUT2D eigenvalue weighted by Gasteiger charge is -2.18. The SMILES string of the molecule is CN(CCC#N)c1cc(C(F)(F)F)cc(N)n1. The molecule has 0 aliphatic heterocycles. The van der Waals surface area contributed by atoms with Crippen LogP contribution < -0.4 is 10.6 Å². The first-order valence-electron chi connectivity index (χ1n) is 4.77. The highest BCUT2D eigenvalue weighted by molar-refractivity contribution is 5.48. The van der Waals surface area contributed by atoms with E-state index in [1.54, 1.807) is 7.05 Å². The summed E-state index contributed by atoms with van der Waals surface area (Å²) in [7, 11) is 1.55. The van der Waals surface area contributed by atoms with Gasteiger partial charge in [0, 0.05) is 13.6 Å². The fourth-order valence-electron chi connectivity index (χ4n) is 1.23. The topological polar surface area (TPSA) is 65.9 Å². The van der Waals surface area contributed by atoms with E-state index in [-0.39, 0.29) is 18.1 Å². The third-order valence-electron chi connectivity index (χ3n) is 2.11. The van der Waals surface area contributed by atoms with Crippen molar-refractivity contribution in [1.29, 1.82) is 5.26 Å². The van der Waals surface area contributed by atoms with E-state index in [0.29, 0.717) is 6.54 Å². The second-order valence-corrected chi connectivity index (χ2v) is 3.47. The molecule has 0 aliphatic carbocycles. The van der Waals surface area contributed by atoms with Crippen LogP contribution in [0.4, 0.5) is 24.8 Å². The molecule has 0 unspecified atom stereocenters. The standard InChI is InChI=1S/C10H11F3N4/c1-17(4-2-3-14)9-6-7(10(11,12)13)5-8(15)16-9/h5-6H,2,4H2,1H3,(H2,15,16). The molecule has 4 nitrogen and oxygen atoms in total. The van der Waals surface area contributed by atoms with Crippen molar-refractivity contribution in [2.24, 2.45) is 0 Å². The molecule has 0 saturated carbocycles. The van der Waals surface area contributed by atoms with Crippen LogP contribution in [-0.2, 0) is 6.18 Å². The van der Waals surface area contributed by atoms with Crippen molar-refractivity contribution in [3.05, 3.63) is 17.7 Å². The number of aromatic nitrogens is 1. The van der Waals surface area contributed by atoms with E-state index in [1.807, 2.05) is 6.07 Å². The first kappa shape index (κ1) is 13.1. The van der Waals surface area contributed by atoms with Crippen LogP contribution in [0.3, 0.4) is 0 Å². The third kappa shape index (κ3) is 3.52. The molecule has 1 heterocycles. The predicted octanol–water partition coefficient (Wildman–Crippen LogP) is 2.03. The molecule has 0 aliphatic rings. The Morgan fingerprint density at radius 1 is 1.47 bits per heavy atom. The van der Waals surface area contributed by atoms with Gasteiger partial charge in [0.15, 0.2) is 0 Å². The number of anilines is 2. The molecule has 0 aromatic carbocycles. The Hall–Kier alpha value is -1.97. The monoisotopic (exact) mass is 244 g/mol. The summed E-state index contributed by atoms with van der Waals surface area (Å²) in [6.07, 6.45) is -4.25. The summed E-state index contributed by atoms with van der Waals surface area (Å²) in [4.78, 5) is 5.25. The summed E-state index contributed by atoms with van der Waals surface area (Å²) in [6, 6.07) is 3.59. The minimum absolute atomic E-state index is 0.104. The molecule has 0 spiro atoms. The minimum atomic E-state index is -4.46. The van der Waals surface area contributed by atoms with Crippen LogP contribution in [0.2, 0.25) is 0 Å². The molecule has 0 fully saturated rings. The number of pyridine rings is 1. The van der Waals surface area contributed by atoms with Gasteiger partial charge in [0.25, 0.3) is 0 Å². The highest BCUT2D eigenvalue weighted by atomic mass is 19.4. The van der Waals surface area contributed by atoms with Gasteiger partial charge >= 0.3 is 6.18 Å². The van der Waals surface area contributed by atoms with Gasteiger partial charge in [-0.15, -0.1) is 0 Å². The number of halogens is 3. The van der Waals surface area contributed by atoms with Crippen LogP contribution in [0.15, 0.2) is 12.1 Å². The number of nitrogens with two attached hydrogens (primary N) is 1. The van der Waals surface area contributed by atoms with Gasteiger partial charge < -0.3 is 10.6 Å². The number of hydrogen-bond acceptors (Lipinski definition) is 4. The van der Waals surface area contributed by atoms with Crippen LogP contribution in [0.5, 0.6) is 0 Å². The summed E-state index contributed by atoms with van der Waals surface area (Å²) in [5.41, 5.74) is 4.48. The maximum atomic E-state index is 12.5. The van der Waals surface area contributed by atoms with Gasteiger partial charge in [0.2, 0.25) is 0 Å². The smallest absolute Gasteiger partial charge is 0.384 e. The number of alkyl halides is 3. The van der Waals surface area contributed by atoms with Crippen LogP contribution in [0.1, 0.15) is 12.0 Å². The average Bonchev–Trinajstić information content (AvgIpc) is 2.23. The Kier molecular flexibility index (Phi) is 3.78. The molecule has 1 aromatic heterocycles. The van der Waals surface area contributed by atoms with Crippen LogP contribution in [-0.4, -0.2) is 18.6 Å². The Bertz CT molecular complexity index is 436. The highest BCUT2D eigenvalue weighted by Crippen LogP contribution is 2.32. The van der Waals surface area contributed by atoms with Gasteiger partial charge in [-0.1, -0.05) is 0 Å². The maximum Gasteiger partial charge on any atom is 0.416 e. The number of rotatable bonds is 3. The third-order valence-corrected chi connectivity index (χ3v) is 2.11. The van der Waals surface area contributed by atoms with E-state index in [2.05, 4.69) is 4.98 Å². The lowest BCUT2D eigenvalue weighted by Crippen LogP contribution is -2.20. The zero-order chi connectivity index (χ0) is 13.1. The molecule has 2 N–H and O–H groups in total. The summed E-state index contributed by atoms with van der Waals surface area (Å²) in [6.45, 7) is 0.296. The molecule has 92 valence electrons. The van der Waals surface area contributed by atoms with Gasteiger partial charge in [-0.3, -0.25) is 0 Å². The first-order valence-corrected chi connectivity index (χ1v) is 4.77. The lowest BCUT2D eigenvalue weighted by atomic mass is 10.2. The molecule has 0 radical (unpaired) electrons. The van der Waals surface area contributed by atoms with E-state index in [1.165, 1.54) is 4.90 Å². The van der Waals surface area contributed by atoms with Gasteiger partial charge in [-0.2, -0.15) is 18.4 Å². The molecule has 0 bridgehead atoms. The van der Waals surface area contributed by atoms with Crippen molar-refractivity contribution in [2.75, 3.05) is 24.2 Å². The summed E-state index contributed by atoms with van der Waals surface area (Å²) < 4.78 is 37.5. The van der Waals surface area contributed by atoms with Crippen molar-refractivity contribution in [3.8, 4) is 6.07 Å². The van der Waals surface area contributed by atoms with Crippen LogP contribution in [0.25, 0.3) is 0 Å². The van der Waals surface area contributed by atoms with Gasteiger partial charge in [0.05, 0.1) is 18.1 Å². The van der Waals surface area contributed by atoms with E-state index in [9.17, 15) is 13.2 Å². The molecule has 0 saturated heterocycles. The molecule has 1 rings (SSSR count). The van der Waals surface area contributed by atoms with Gasteiger partial charge in [-0.25, -0.2) is 4.98 Å². The summed E-state index contributed by atoms with van der Waals surface area (Å²) in [5, 5.41) is 8.40. The molecule has 1 aromatic rings. The van der Waals surface area contributed by atoms with Crippen molar-refractivity contribution in [1.82, 2.24) is 4.98 Å². The first-order chi connectivity index (χ1) is 7.84. The fourth-order valence-corrected chi connectivity index (χ4v) is 1.23. The van der Waals surface area contributed by atoms with E-state index in [4.69, 9.17) is 11.0 Å². The fraction of sp³-hybridized carbons (Fsp3) is 0.400. The second kappa shape index (κ2) is 4.91. The van der Waals surface area contributed by atoms with Crippen molar-refractivity contribution in [3.63, 3.8) is 0 Å². The van der Waals surface area contributed by atoms with E-state index >= 15 is 0 Å². The van der Waals surface area contributed by atoms with E-state index < -0.39 is 11.7 Å². The summed E-state index contributed by atoms with van der Waals surface area (Å²) in [5.74, 6) is -0.0915. The number of nitriles is 1. The maximum absolute atomic E-state index is 12.5. The molecule has 17 heavy (non-hydrogen) atoms. The minimum Gasteiger partial charge on any atom is -0.384 e. The zero-order valence-corrected chi connectivity index (χ0v) is 9.12. The molecule has 7 heteroatoms. The van der Waals surface area contributed by atoms with E-state index in [0.717, 1.165) is 12.1 Å². The summed E-state index contributed by atoms with van der Waals surface area (Å²) >= 11 is 0. The highest BCUT2D eigenvalue weighted by Gasteiger charge is 2.31. The molecular formula is C10H11F3N4. The zero-order valence-electron chi connectivity index (χ0n) is 9.12. The Morgan fingerprint density at radius 2 is 2.12 bits per heavy atom. The second-order valence-electron chi connectivity index (χ2n) is 3.47. The number of hydrogen-bond donors (Lipinski definition) is 1. The molecule has 0 amide bonds. The van der Waals surface area contributed by atoms with Crippen molar-refractivity contribution in [2.45, 2.75) is 12.6 Å². The Morgan fingerprint density at radius 3 is 2.65 bits per heavy atom. The van der Waals surface area contributed by atoms with Gasteiger partial charge in [0.1, 0.15) is 11.6 Å². The van der Waals surface area contributed by atoms with Crippen LogP contribution >= 0.6 is 0 Å². The quantitative estimate of drug-likeness (QED) is 0.883. The largest absolute Gasteiger partial charge is 0.416 e. The average molecular weight is 244 g/mol. The molecule has 0 atom stereocenters. The van der Waals surface area contributed by atoms with Crippen molar-refractivity contribution < 1.29 is 13.2 Å². The van der Waals surface area contributed by atoms with Crippen LogP contribution in [0, 0.1) is 11.3 Å². The van der Waals surface area contributed by atoms with Crippen molar-refractivity contribution >= 4 is 11.6 Å².